The van der Waals surface area contributed by atoms with Gasteiger partial charge < -0.3 is 5.32 Å². The van der Waals surface area contributed by atoms with E-state index in [2.05, 4.69) is 34.3 Å². The largest absolute Gasteiger partial charge is 0.316 e. The fourth-order valence-corrected chi connectivity index (χ4v) is 1.87. The molecule has 14 heavy (non-hydrogen) atoms. The third kappa shape index (κ3) is 4.62. The van der Waals surface area contributed by atoms with Crippen molar-refractivity contribution in [2.45, 2.75) is 25.4 Å². The van der Waals surface area contributed by atoms with E-state index >= 15 is 0 Å². The summed E-state index contributed by atoms with van der Waals surface area (Å²) in [6.07, 6.45) is 2.74. The van der Waals surface area contributed by atoms with Crippen molar-refractivity contribution < 1.29 is 0 Å². The van der Waals surface area contributed by atoms with Gasteiger partial charge in [0.15, 0.2) is 5.16 Å². The first-order valence-electron chi connectivity index (χ1n) is 5.01. The SMILES string of the molecule is CCCNCC(C)CSc1ncn[nH]1. The van der Waals surface area contributed by atoms with Crippen molar-refractivity contribution in [3.05, 3.63) is 6.33 Å². The van der Waals surface area contributed by atoms with Crippen molar-refractivity contribution >= 4 is 11.8 Å². The zero-order chi connectivity index (χ0) is 10.2. The Morgan fingerprint density at radius 1 is 1.64 bits per heavy atom. The summed E-state index contributed by atoms with van der Waals surface area (Å²) in [5, 5.41) is 11.0. The third-order valence-electron chi connectivity index (χ3n) is 1.82. The maximum atomic E-state index is 4.06. The van der Waals surface area contributed by atoms with Gasteiger partial charge >= 0.3 is 0 Å². The van der Waals surface area contributed by atoms with Crippen LogP contribution in [0.2, 0.25) is 0 Å². The summed E-state index contributed by atoms with van der Waals surface area (Å²) < 4.78 is 0. The van der Waals surface area contributed by atoms with E-state index < -0.39 is 0 Å². The summed E-state index contributed by atoms with van der Waals surface area (Å²) in [4.78, 5) is 4.06. The smallest absolute Gasteiger partial charge is 0.183 e. The minimum absolute atomic E-state index is 0.664. The molecule has 1 aromatic heterocycles. The Bertz CT molecular complexity index is 225. The lowest BCUT2D eigenvalue weighted by Crippen LogP contribution is -2.23. The highest BCUT2D eigenvalue weighted by atomic mass is 32.2. The minimum atomic E-state index is 0.664. The average molecular weight is 214 g/mol. The van der Waals surface area contributed by atoms with Crippen LogP contribution in [0.1, 0.15) is 20.3 Å². The van der Waals surface area contributed by atoms with Gasteiger partial charge in [-0.3, -0.25) is 5.10 Å². The van der Waals surface area contributed by atoms with Gasteiger partial charge in [-0.2, -0.15) is 5.10 Å². The number of hydrogen-bond acceptors (Lipinski definition) is 4. The normalized spacial score (nSPS) is 13.0. The molecule has 0 radical (unpaired) electrons. The Kier molecular flexibility index (Phi) is 5.63. The van der Waals surface area contributed by atoms with Gasteiger partial charge in [-0.05, 0) is 25.4 Å². The van der Waals surface area contributed by atoms with Crippen molar-refractivity contribution in [1.82, 2.24) is 20.5 Å². The van der Waals surface area contributed by atoms with E-state index in [1.165, 1.54) is 6.42 Å². The van der Waals surface area contributed by atoms with E-state index in [-0.39, 0.29) is 0 Å². The van der Waals surface area contributed by atoms with Crippen molar-refractivity contribution in [2.24, 2.45) is 5.92 Å². The van der Waals surface area contributed by atoms with Crippen LogP contribution >= 0.6 is 11.8 Å². The monoisotopic (exact) mass is 214 g/mol. The highest BCUT2D eigenvalue weighted by Crippen LogP contribution is 2.14. The molecular formula is C9H18N4S. The summed E-state index contributed by atoms with van der Waals surface area (Å²) >= 11 is 1.72. The molecule has 1 rings (SSSR count). The van der Waals surface area contributed by atoms with Crippen LogP contribution in [-0.4, -0.2) is 34.0 Å². The van der Waals surface area contributed by atoms with Gasteiger partial charge in [0.2, 0.25) is 0 Å². The molecule has 1 atom stereocenters. The van der Waals surface area contributed by atoms with E-state index in [1.807, 2.05) is 0 Å². The second-order valence-corrected chi connectivity index (χ2v) is 4.42. The van der Waals surface area contributed by atoms with Crippen LogP contribution in [0.5, 0.6) is 0 Å². The summed E-state index contributed by atoms with van der Waals surface area (Å²) in [6.45, 7) is 6.61. The second-order valence-electron chi connectivity index (χ2n) is 3.41. The quantitative estimate of drug-likeness (QED) is 0.534. The summed E-state index contributed by atoms with van der Waals surface area (Å²) in [6, 6.07) is 0. The highest BCUT2D eigenvalue weighted by Gasteiger charge is 2.03. The van der Waals surface area contributed by atoms with Crippen LogP contribution in [0.25, 0.3) is 0 Å². The average Bonchev–Trinajstić information content (AvgIpc) is 2.68. The molecule has 0 saturated heterocycles. The van der Waals surface area contributed by atoms with E-state index in [0.717, 1.165) is 24.0 Å². The number of hydrogen-bond donors (Lipinski definition) is 2. The topological polar surface area (TPSA) is 53.6 Å². The second kappa shape index (κ2) is 6.84. The van der Waals surface area contributed by atoms with Gasteiger partial charge in [0.25, 0.3) is 0 Å². The molecule has 0 bridgehead atoms. The molecule has 0 aromatic carbocycles. The Hall–Kier alpha value is -0.550. The summed E-state index contributed by atoms with van der Waals surface area (Å²) in [5.41, 5.74) is 0. The van der Waals surface area contributed by atoms with Crippen LogP contribution in [0.4, 0.5) is 0 Å². The molecule has 4 nitrogen and oxygen atoms in total. The third-order valence-corrected chi connectivity index (χ3v) is 3.02. The zero-order valence-electron chi connectivity index (χ0n) is 8.79. The summed E-state index contributed by atoms with van der Waals surface area (Å²) in [7, 11) is 0. The molecule has 0 aliphatic heterocycles. The number of thioether (sulfide) groups is 1. The van der Waals surface area contributed by atoms with Crippen LogP contribution in [0.15, 0.2) is 11.5 Å². The van der Waals surface area contributed by atoms with Gasteiger partial charge in [-0.15, -0.1) is 0 Å². The molecule has 1 unspecified atom stereocenters. The molecule has 0 aliphatic rings. The van der Waals surface area contributed by atoms with E-state index in [4.69, 9.17) is 0 Å². The molecule has 2 N–H and O–H groups in total. The van der Waals surface area contributed by atoms with Gasteiger partial charge in [-0.25, -0.2) is 4.98 Å². The Morgan fingerprint density at radius 3 is 3.14 bits per heavy atom. The molecule has 1 heterocycles. The number of H-pyrrole nitrogens is 1. The van der Waals surface area contributed by atoms with Gasteiger partial charge in [0.1, 0.15) is 6.33 Å². The number of nitrogens with zero attached hydrogens (tertiary/aromatic N) is 2. The van der Waals surface area contributed by atoms with Crippen LogP contribution in [-0.2, 0) is 0 Å². The van der Waals surface area contributed by atoms with Crippen LogP contribution < -0.4 is 5.32 Å². The van der Waals surface area contributed by atoms with Gasteiger partial charge in [0, 0.05) is 5.75 Å². The Morgan fingerprint density at radius 2 is 2.50 bits per heavy atom. The molecule has 0 spiro atoms. The summed E-state index contributed by atoms with van der Waals surface area (Å²) in [5.74, 6) is 1.74. The van der Waals surface area contributed by atoms with E-state index in [0.29, 0.717) is 5.92 Å². The molecule has 0 saturated carbocycles. The lowest BCUT2D eigenvalue weighted by Gasteiger charge is -2.10. The number of aromatic amines is 1. The molecule has 0 amide bonds. The van der Waals surface area contributed by atoms with Crippen LogP contribution in [0.3, 0.4) is 0 Å². The number of rotatable bonds is 7. The Labute approximate surface area is 89.3 Å². The maximum Gasteiger partial charge on any atom is 0.183 e. The fourth-order valence-electron chi connectivity index (χ4n) is 1.07. The maximum absolute atomic E-state index is 4.06. The Balaban J connectivity index is 2.06. The predicted octanol–water partition coefficient (Wildman–Crippen LogP) is 1.53. The lowest BCUT2D eigenvalue weighted by atomic mass is 10.2. The van der Waals surface area contributed by atoms with Crippen LogP contribution in [0, 0.1) is 5.92 Å². The molecular weight excluding hydrogens is 196 g/mol. The van der Waals surface area contributed by atoms with E-state index in [1.54, 1.807) is 18.1 Å². The fraction of sp³-hybridized carbons (Fsp3) is 0.778. The molecule has 0 aliphatic carbocycles. The van der Waals surface area contributed by atoms with Gasteiger partial charge in [0.05, 0.1) is 0 Å². The lowest BCUT2D eigenvalue weighted by molar-refractivity contribution is 0.556. The first-order chi connectivity index (χ1) is 6.83. The molecule has 0 fully saturated rings. The first kappa shape index (κ1) is 11.5. The van der Waals surface area contributed by atoms with Crippen molar-refractivity contribution in [1.29, 1.82) is 0 Å². The number of nitrogens with one attached hydrogen (secondary N) is 2. The van der Waals surface area contributed by atoms with Crippen molar-refractivity contribution in [2.75, 3.05) is 18.8 Å². The standard InChI is InChI=1S/C9H18N4S/c1-3-4-10-5-8(2)6-14-9-11-7-12-13-9/h7-8,10H,3-6H2,1-2H3,(H,11,12,13). The molecule has 80 valence electrons. The van der Waals surface area contributed by atoms with Gasteiger partial charge in [-0.1, -0.05) is 25.6 Å². The first-order valence-corrected chi connectivity index (χ1v) is 6.00. The molecule has 1 aromatic rings. The van der Waals surface area contributed by atoms with Crippen molar-refractivity contribution in [3.63, 3.8) is 0 Å². The van der Waals surface area contributed by atoms with E-state index in [9.17, 15) is 0 Å². The van der Waals surface area contributed by atoms with Crippen molar-refractivity contribution in [3.8, 4) is 0 Å². The highest BCUT2D eigenvalue weighted by molar-refractivity contribution is 7.99. The molecule has 5 heteroatoms. The zero-order valence-corrected chi connectivity index (χ0v) is 9.60. The predicted molar refractivity (Wildman–Crippen MR) is 59.4 cm³/mol. The minimum Gasteiger partial charge on any atom is -0.316 e. The number of aromatic nitrogens is 3.